The van der Waals surface area contributed by atoms with E-state index in [4.69, 9.17) is 4.74 Å². The molecule has 2 N–H and O–H groups in total. The van der Waals surface area contributed by atoms with E-state index in [0.29, 0.717) is 13.0 Å². The number of morpholine rings is 1. The first-order valence-corrected chi connectivity index (χ1v) is 9.52. The SMILES string of the molecule is O=C(C[C@H]1COCCN1)Nc1ccc(SCCc2ccccn2)cc1. The number of benzene rings is 1. The van der Waals surface area contributed by atoms with Gasteiger partial charge in [-0.2, -0.15) is 0 Å². The normalized spacial score (nSPS) is 17.2. The Balaban J connectivity index is 1.41. The van der Waals surface area contributed by atoms with Crippen molar-refractivity contribution < 1.29 is 9.53 Å². The molecule has 0 unspecified atom stereocenters. The summed E-state index contributed by atoms with van der Waals surface area (Å²) in [6.07, 6.45) is 3.20. The second kappa shape index (κ2) is 9.56. The molecule has 1 aromatic heterocycles. The first-order valence-electron chi connectivity index (χ1n) is 8.53. The van der Waals surface area contributed by atoms with E-state index in [1.807, 2.05) is 48.7 Å². The van der Waals surface area contributed by atoms with Crippen molar-refractivity contribution in [3.8, 4) is 0 Å². The Kier molecular flexibility index (Phi) is 6.85. The molecule has 5 nitrogen and oxygen atoms in total. The molecule has 1 atom stereocenters. The Morgan fingerprint density at radius 3 is 2.88 bits per heavy atom. The number of amides is 1. The molecule has 0 saturated carbocycles. The summed E-state index contributed by atoms with van der Waals surface area (Å²) in [5, 5.41) is 6.23. The minimum absolute atomic E-state index is 0.0126. The summed E-state index contributed by atoms with van der Waals surface area (Å²) in [5.74, 6) is 0.995. The zero-order valence-electron chi connectivity index (χ0n) is 14.1. The fraction of sp³-hybridized carbons (Fsp3) is 0.368. The van der Waals surface area contributed by atoms with Gasteiger partial charge in [0, 0.05) is 47.2 Å². The van der Waals surface area contributed by atoms with Crippen molar-refractivity contribution in [2.24, 2.45) is 0 Å². The molecule has 0 bridgehead atoms. The Morgan fingerprint density at radius 2 is 2.16 bits per heavy atom. The van der Waals surface area contributed by atoms with Crippen molar-refractivity contribution in [2.45, 2.75) is 23.8 Å². The third kappa shape index (κ3) is 6.16. The van der Waals surface area contributed by atoms with Gasteiger partial charge in [0.1, 0.15) is 0 Å². The number of nitrogens with one attached hydrogen (secondary N) is 2. The maximum Gasteiger partial charge on any atom is 0.226 e. The average molecular weight is 357 g/mol. The van der Waals surface area contributed by atoms with Crippen molar-refractivity contribution in [3.63, 3.8) is 0 Å². The summed E-state index contributed by atoms with van der Waals surface area (Å²) < 4.78 is 5.37. The molecular weight excluding hydrogens is 334 g/mol. The van der Waals surface area contributed by atoms with Crippen LogP contribution in [0.25, 0.3) is 0 Å². The summed E-state index contributed by atoms with van der Waals surface area (Å²) in [6.45, 7) is 2.12. The molecule has 1 saturated heterocycles. The van der Waals surface area contributed by atoms with E-state index in [0.717, 1.165) is 36.7 Å². The average Bonchev–Trinajstić information content (AvgIpc) is 2.65. The predicted molar refractivity (Wildman–Crippen MR) is 101 cm³/mol. The Morgan fingerprint density at radius 1 is 1.28 bits per heavy atom. The van der Waals surface area contributed by atoms with Crippen LogP contribution in [0.1, 0.15) is 12.1 Å². The number of hydrogen-bond donors (Lipinski definition) is 2. The van der Waals surface area contributed by atoms with E-state index in [1.54, 1.807) is 11.8 Å². The number of hydrogen-bond acceptors (Lipinski definition) is 5. The van der Waals surface area contributed by atoms with E-state index in [2.05, 4.69) is 15.6 Å². The molecule has 1 fully saturated rings. The van der Waals surface area contributed by atoms with Crippen molar-refractivity contribution in [1.29, 1.82) is 0 Å². The smallest absolute Gasteiger partial charge is 0.226 e. The third-order valence-electron chi connectivity index (χ3n) is 3.92. The van der Waals surface area contributed by atoms with Gasteiger partial charge in [-0.3, -0.25) is 9.78 Å². The molecule has 1 aromatic carbocycles. The molecule has 0 radical (unpaired) electrons. The number of carbonyl (C=O) groups is 1. The van der Waals surface area contributed by atoms with E-state index >= 15 is 0 Å². The van der Waals surface area contributed by atoms with Gasteiger partial charge in [-0.1, -0.05) is 6.07 Å². The Hall–Kier alpha value is -1.89. The summed E-state index contributed by atoms with van der Waals surface area (Å²) in [4.78, 5) is 17.6. The minimum Gasteiger partial charge on any atom is -0.378 e. The van der Waals surface area contributed by atoms with Crippen LogP contribution in [0.2, 0.25) is 0 Å². The lowest BCUT2D eigenvalue weighted by atomic mass is 10.2. The number of rotatable bonds is 7. The number of nitrogens with zero attached hydrogens (tertiary/aromatic N) is 1. The lowest BCUT2D eigenvalue weighted by Gasteiger charge is -2.23. The zero-order valence-corrected chi connectivity index (χ0v) is 14.9. The number of ether oxygens (including phenoxy) is 1. The third-order valence-corrected chi connectivity index (χ3v) is 4.94. The molecule has 1 aliphatic rings. The van der Waals surface area contributed by atoms with Crippen LogP contribution in [0, 0.1) is 0 Å². The molecule has 1 aliphatic heterocycles. The molecule has 0 spiro atoms. The number of carbonyl (C=O) groups excluding carboxylic acids is 1. The Bertz CT molecular complexity index is 658. The van der Waals surface area contributed by atoms with E-state index in [9.17, 15) is 4.79 Å². The largest absolute Gasteiger partial charge is 0.378 e. The second-order valence-electron chi connectivity index (χ2n) is 5.92. The van der Waals surface area contributed by atoms with E-state index in [1.165, 1.54) is 4.90 Å². The van der Waals surface area contributed by atoms with E-state index < -0.39 is 0 Å². The van der Waals surface area contributed by atoms with Gasteiger partial charge in [0.25, 0.3) is 0 Å². The molecular formula is C19H23N3O2S. The van der Waals surface area contributed by atoms with Crippen molar-refractivity contribution in [1.82, 2.24) is 10.3 Å². The number of pyridine rings is 1. The first kappa shape index (κ1) is 17.9. The van der Waals surface area contributed by atoms with Gasteiger partial charge in [-0.25, -0.2) is 0 Å². The van der Waals surface area contributed by atoms with E-state index in [-0.39, 0.29) is 11.9 Å². The highest BCUT2D eigenvalue weighted by Gasteiger charge is 2.16. The van der Waals surface area contributed by atoms with Gasteiger partial charge < -0.3 is 15.4 Å². The topological polar surface area (TPSA) is 63.2 Å². The molecule has 0 aliphatic carbocycles. The highest BCUT2D eigenvalue weighted by atomic mass is 32.2. The van der Waals surface area contributed by atoms with Crippen molar-refractivity contribution in [2.75, 3.05) is 30.8 Å². The van der Waals surface area contributed by atoms with Crippen LogP contribution < -0.4 is 10.6 Å². The van der Waals surface area contributed by atoms with Gasteiger partial charge in [-0.05, 0) is 42.8 Å². The lowest BCUT2D eigenvalue weighted by molar-refractivity contribution is -0.117. The molecule has 2 heterocycles. The van der Waals surface area contributed by atoms with Crippen molar-refractivity contribution >= 4 is 23.4 Å². The Labute approximate surface area is 152 Å². The maximum absolute atomic E-state index is 12.1. The van der Waals surface area contributed by atoms with Crippen LogP contribution in [0.3, 0.4) is 0 Å². The number of thioether (sulfide) groups is 1. The van der Waals surface area contributed by atoms with Crippen LogP contribution in [0.15, 0.2) is 53.6 Å². The second-order valence-corrected chi connectivity index (χ2v) is 7.09. The quantitative estimate of drug-likeness (QED) is 0.746. The summed E-state index contributed by atoms with van der Waals surface area (Å²) in [7, 11) is 0. The number of aryl methyl sites for hydroxylation is 1. The fourth-order valence-corrected chi connectivity index (χ4v) is 3.52. The predicted octanol–water partition coefficient (Wildman–Crippen LogP) is 2.73. The number of aromatic nitrogens is 1. The van der Waals surface area contributed by atoms with Crippen molar-refractivity contribution in [3.05, 3.63) is 54.4 Å². The van der Waals surface area contributed by atoms with Gasteiger partial charge in [-0.15, -0.1) is 11.8 Å². The van der Waals surface area contributed by atoms with Crippen LogP contribution in [-0.4, -0.2) is 42.4 Å². The standard InChI is InChI=1S/C19H23N3O2S/c23-19(13-17-14-24-11-10-21-17)22-16-4-6-18(7-5-16)25-12-8-15-3-1-2-9-20-15/h1-7,9,17,21H,8,10-14H2,(H,22,23)/t17-/m0/s1. The van der Waals surface area contributed by atoms with Gasteiger partial charge in [0.15, 0.2) is 0 Å². The molecule has 25 heavy (non-hydrogen) atoms. The van der Waals surface area contributed by atoms with Gasteiger partial charge in [0.2, 0.25) is 5.91 Å². The fourth-order valence-electron chi connectivity index (χ4n) is 2.64. The highest BCUT2D eigenvalue weighted by Crippen LogP contribution is 2.21. The molecule has 1 amide bonds. The zero-order chi connectivity index (χ0) is 17.3. The molecule has 3 rings (SSSR count). The van der Waals surface area contributed by atoms with Crippen LogP contribution in [-0.2, 0) is 16.0 Å². The summed E-state index contributed by atoms with van der Waals surface area (Å²) in [5.41, 5.74) is 1.94. The van der Waals surface area contributed by atoms with Crippen LogP contribution in [0.5, 0.6) is 0 Å². The van der Waals surface area contributed by atoms with Crippen LogP contribution in [0.4, 0.5) is 5.69 Å². The lowest BCUT2D eigenvalue weighted by Crippen LogP contribution is -2.43. The van der Waals surface area contributed by atoms with Gasteiger partial charge in [0.05, 0.1) is 13.2 Å². The highest BCUT2D eigenvalue weighted by molar-refractivity contribution is 7.99. The molecule has 2 aromatic rings. The maximum atomic E-state index is 12.1. The molecule has 6 heteroatoms. The molecule has 132 valence electrons. The number of anilines is 1. The first-order chi connectivity index (χ1) is 12.3. The summed E-state index contributed by atoms with van der Waals surface area (Å²) >= 11 is 1.79. The van der Waals surface area contributed by atoms with Gasteiger partial charge >= 0.3 is 0 Å². The summed E-state index contributed by atoms with van der Waals surface area (Å²) in [6, 6.07) is 14.1. The minimum atomic E-state index is 0.0126. The monoisotopic (exact) mass is 357 g/mol. The van der Waals surface area contributed by atoms with Crippen LogP contribution >= 0.6 is 11.8 Å².